The SMILES string of the molecule is N#CC(C#N)=C1c2cc(OC(F)(F)F)c(-c3c(F)c(F)nc(F)c3F)cc2-c2cc(-c3c(F)c(F)nc(F)c3F)c(OC(F)(F)F)cc21. The van der Waals surface area contributed by atoms with Gasteiger partial charge in [0.15, 0.2) is 23.3 Å². The van der Waals surface area contributed by atoms with Crippen LogP contribution in [0, 0.1) is 69.7 Å². The molecule has 48 heavy (non-hydrogen) atoms. The summed E-state index contributed by atoms with van der Waals surface area (Å²) in [5.41, 5.74) is -11.5. The second kappa shape index (κ2) is 11.4. The van der Waals surface area contributed by atoms with Crippen molar-refractivity contribution in [2.75, 3.05) is 0 Å². The summed E-state index contributed by atoms with van der Waals surface area (Å²) >= 11 is 0. The minimum Gasteiger partial charge on any atom is -0.405 e. The molecule has 2 heterocycles. The van der Waals surface area contributed by atoms with E-state index in [1.165, 1.54) is 12.1 Å². The molecule has 0 amide bonds. The van der Waals surface area contributed by atoms with Gasteiger partial charge in [0, 0.05) is 16.7 Å². The van der Waals surface area contributed by atoms with Crippen molar-refractivity contribution in [1.29, 1.82) is 10.5 Å². The van der Waals surface area contributed by atoms with Gasteiger partial charge < -0.3 is 9.47 Å². The number of benzene rings is 2. The van der Waals surface area contributed by atoms with Crippen LogP contribution in [0.2, 0.25) is 0 Å². The van der Waals surface area contributed by atoms with E-state index in [2.05, 4.69) is 19.4 Å². The smallest absolute Gasteiger partial charge is 0.405 e. The molecule has 0 N–H and O–H groups in total. The van der Waals surface area contributed by atoms with Gasteiger partial charge in [0.25, 0.3) is 23.8 Å². The molecule has 0 radical (unpaired) electrons. The minimum absolute atomic E-state index is 0.230. The summed E-state index contributed by atoms with van der Waals surface area (Å²) in [5.74, 6) is -22.2. The van der Waals surface area contributed by atoms with Crippen LogP contribution in [0.5, 0.6) is 11.5 Å². The second-order valence-electron chi connectivity index (χ2n) is 9.25. The van der Waals surface area contributed by atoms with Crippen LogP contribution in [0.4, 0.5) is 61.5 Å². The van der Waals surface area contributed by atoms with Crippen molar-refractivity contribution in [2.24, 2.45) is 0 Å². The van der Waals surface area contributed by atoms with Crippen molar-refractivity contribution < 1.29 is 70.9 Å². The van der Waals surface area contributed by atoms with Crippen LogP contribution in [0.1, 0.15) is 11.1 Å². The summed E-state index contributed by atoms with van der Waals surface area (Å²) in [4.78, 5) is 4.55. The Hall–Kier alpha value is -5.92. The maximum absolute atomic E-state index is 14.8. The summed E-state index contributed by atoms with van der Waals surface area (Å²) in [5, 5.41) is 19.1. The van der Waals surface area contributed by atoms with E-state index >= 15 is 0 Å². The van der Waals surface area contributed by atoms with Crippen LogP contribution in [0.15, 0.2) is 29.8 Å². The molecular formula is C28H4F14N4O2. The number of nitriles is 2. The van der Waals surface area contributed by atoms with Gasteiger partial charge >= 0.3 is 12.7 Å². The molecule has 0 aliphatic heterocycles. The van der Waals surface area contributed by atoms with E-state index in [1.807, 2.05) is 0 Å². The van der Waals surface area contributed by atoms with Gasteiger partial charge in [0.1, 0.15) is 29.2 Å². The number of allylic oxidation sites excluding steroid dienone is 1. The van der Waals surface area contributed by atoms with Crippen molar-refractivity contribution in [3.05, 3.63) is 88.0 Å². The molecule has 0 fully saturated rings. The highest BCUT2D eigenvalue weighted by Crippen LogP contribution is 2.54. The van der Waals surface area contributed by atoms with Crippen LogP contribution in [0.3, 0.4) is 0 Å². The van der Waals surface area contributed by atoms with Crippen LogP contribution in [-0.2, 0) is 0 Å². The Kier molecular flexibility index (Phi) is 7.94. The fourth-order valence-electron chi connectivity index (χ4n) is 4.83. The predicted octanol–water partition coefficient (Wildman–Crippen LogP) is 8.55. The lowest BCUT2D eigenvalue weighted by Crippen LogP contribution is -2.18. The van der Waals surface area contributed by atoms with Crippen molar-refractivity contribution >= 4 is 5.57 Å². The predicted molar refractivity (Wildman–Crippen MR) is 129 cm³/mol. The van der Waals surface area contributed by atoms with Gasteiger partial charge in [-0.15, -0.1) is 26.3 Å². The number of ether oxygens (including phenoxy) is 2. The zero-order chi connectivity index (χ0) is 35.6. The Morgan fingerprint density at radius 2 is 0.812 bits per heavy atom. The van der Waals surface area contributed by atoms with Crippen LogP contribution in [-0.4, -0.2) is 22.7 Å². The highest BCUT2D eigenvalue weighted by molar-refractivity contribution is 6.07. The van der Waals surface area contributed by atoms with Gasteiger partial charge in [-0.05, 0) is 46.5 Å². The van der Waals surface area contributed by atoms with E-state index in [0.717, 1.165) is 0 Å². The summed E-state index contributed by atoms with van der Waals surface area (Å²) in [6, 6.07) is 3.69. The number of hydrogen-bond acceptors (Lipinski definition) is 6. The maximum Gasteiger partial charge on any atom is 0.573 e. The number of rotatable bonds is 4. The monoisotopic (exact) mass is 694 g/mol. The average Bonchev–Trinajstić information content (AvgIpc) is 3.26. The molecule has 6 nitrogen and oxygen atoms in total. The van der Waals surface area contributed by atoms with Crippen LogP contribution < -0.4 is 9.47 Å². The average molecular weight is 694 g/mol. The number of pyridine rings is 2. The largest absolute Gasteiger partial charge is 0.573 e. The summed E-state index contributed by atoms with van der Waals surface area (Å²) in [6.07, 6.45) is -11.4. The molecule has 2 aromatic carbocycles. The standard InChI is InChI=1S/C28H4F14N4O2/c29-19-17(20(30)24(34)45-23(19)33)12-1-8-9-2-13(18-21(31)25(35)46-26(36)22(18)32)15(48-28(40,41)42)4-11(9)16(7(5-43)6-44)10(8)3-14(12)47-27(37,38)39/h1-4H. The highest BCUT2D eigenvalue weighted by Gasteiger charge is 2.40. The lowest BCUT2D eigenvalue weighted by atomic mass is 9.95. The lowest BCUT2D eigenvalue weighted by Gasteiger charge is -2.17. The fourth-order valence-corrected chi connectivity index (χ4v) is 4.83. The first-order valence-electron chi connectivity index (χ1n) is 12.1. The lowest BCUT2D eigenvalue weighted by molar-refractivity contribution is -0.275. The molecule has 0 atom stereocenters. The van der Waals surface area contributed by atoms with Crippen molar-refractivity contribution in [1.82, 2.24) is 9.97 Å². The molecule has 0 saturated carbocycles. The first-order chi connectivity index (χ1) is 22.3. The zero-order valence-corrected chi connectivity index (χ0v) is 22.2. The molecule has 20 heteroatoms. The number of alkyl halides is 6. The van der Waals surface area contributed by atoms with Gasteiger partial charge in [-0.1, -0.05) is 0 Å². The quantitative estimate of drug-likeness (QED) is 0.106. The van der Waals surface area contributed by atoms with Crippen LogP contribution in [0.25, 0.3) is 39.0 Å². The van der Waals surface area contributed by atoms with Gasteiger partial charge in [0.05, 0.1) is 11.1 Å². The van der Waals surface area contributed by atoms with E-state index in [1.54, 1.807) is 0 Å². The molecule has 0 saturated heterocycles. The normalized spacial score (nSPS) is 12.3. The van der Waals surface area contributed by atoms with E-state index in [4.69, 9.17) is 0 Å². The third-order valence-corrected chi connectivity index (χ3v) is 6.53. The Morgan fingerprint density at radius 3 is 1.08 bits per heavy atom. The molecule has 5 rings (SSSR count). The highest BCUT2D eigenvalue weighted by atomic mass is 19.4. The molecule has 1 aliphatic rings. The molecular weight excluding hydrogens is 690 g/mol. The van der Waals surface area contributed by atoms with E-state index in [-0.39, 0.29) is 12.1 Å². The summed E-state index contributed by atoms with van der Waals surface area (Å²) in [6.45, 7) is 0. The first-order valence-corrected chi connectivity index (χ1v) is 12.1. The third kappa shape index (κ3) is 5.65. The van der Waals surface area contributed by atoms with Crippen molar-refractivity contribution in [3.63, 3.8) is 0 Å². The number of nitrogens with zero attached hydrogens (tertiary/aromatic N) is 4. The summed E-state index contributed by atoms with van der Waals surface area (Å²) in [7, 11) is 0. The van der Waals surface area contributed by atoms with Crippen LogP contribution >= 0.6 is 0 Å². The molecule has 1 aliphatic carbocycles. The third-order valence-electron chi connectivity index (χ3n) is 6.53. The Morgan fingerprint density at radius 1 is 0.500 bits per heavy atom. The topological polar surface area (TPSA) is 91.8 Å². The minimum atomic E-state index is -5.71. The van der Waals surface area contributed by atoms with Gasteiger partial charge in [0.2, 0.25) is 0 Å². The molecule has 4 aromatic rings. The summed E-state index contributed by atoms with van der Waals surface area (Å²) < 4.78 is 204. The second-order valence-corrected chi connectivity index (χ2v) is 9.25. The Balaban J connectivity index is 1.99. The fraction of sp³-hybridized carbons (Fsp3) is 0.0714. The van der Waals surface area contributed by atoms with Gasteiger partial charge in [-0.2, -0.15) is 38.1 Å². The molecule has 0 spiro atoms. The van der Waals surface area contributed by atoms with E-state index in [0.29, 0.717) is 12.1 Å². The number of halogens is 14. The molecule has 246 valence electrons. The molecule has 0 bridgehead atoms. The maximum atomic E-state index is 14.8. The van der Waals surface area contributed by atoms with Gasteiger partial charge in [-0.25, -0.2) is 17.6 Å². The first kappa shape index (κ1) is 33.4. The van der Waals surface area contributed by atoms with Crippen molar-refractivity contribution in [2.45, 2.75) is 12.7 Å². The molecule has 0 unspecified atom stereocenters. The number of fused-ring (bicyclic) bond motifs is 3. The van der Waals surface area contributed by atoms with Gasteiger partial charge in [-0.3, -0.25) is 0 Å². The number of hydrogen-bond donors (Lipinski definition) is 0. The zero-order valence-electron chi connectivity index (χ0n) is 22.2. The van der Waals surface area contributed by atoms with E-state index < -0.39 is 127 Å². The Labute approximate surface area is 255 Å². The van der Waals surface area contributed by atoms with E-state index in [9.17, 15) is 72.0 Å². The Bertz CT molecular complexity index is 1980. The van der Waals surface area contributed by atoms with Crippen molar-refractivity contribution in [3.8, 4) is 57.0 Å². The molecule has 2 aromatic heterocycles. The number of aromatic nitrogens is 2.